The van der Waals surface area contributed by atoms with Gasteiger partial charge in [-0.25, -0.2) is 4.98 Å². The topological polar surface area (TPSA) is 81.7 Å². The predicted octanol–water partition coefficient (Wildman–Crippen LogP) is 2.70. The Kier molecular flexibility index (Phi) is 11.9. The normalized spacial score (nSPS) is 16.6. The zero-order valence-corrected chi connectivity index (χ0v) is 19.6. The van der Waals surface area contributed by atoms with E-state index in [4.69, 9.17) is 0 Å². The number of halogens is 1. The van der Waals surface area contributed by atoms with Crippen LogP contribution in [-0.4, -0.2) is 60.5 Å². The lowest BCUT2D eigenvalue weighted by Crippen LogP contribution is -2.45. The van der Waals surface area contributed by atoms with Gasteiger partial charge in [0.1, 0.15) is 5.82 Å². The molecule has 3 N–H and O–H groups in total. The predicted molar refractivity (Wildman–Crippen MR) is 126 cm³/mol. The number of likely N-dealkylation sites (tertiary alicyclic amines) is 1. The van der Waals surface area contributed by atoms with E-state index in [2.05, 4.69) is 32.9 Å². The smallest absolute Gasteiger partial charge is 0.225 e. The SMILES string of the molecule is CCNC(=NCCCCNc1ccccn1)NC1CCN(C(=O)C(C)C)C1.I. The maximum atomic E-state index is 12.1. The lowest BCUT2D eigenvalue weighted by Gasteiger charge is -2.20. The maximum absolute atomic E-state index is 12.1. The molecule has 8 heteroatoms. The highest BCUT2D eigenvalue weighted by molar-refractivity contribution is 14.0. The quantitative estimate of drug-likeness (QED) is 0.210. The molecule has 1 aromatic rings. The summed E-state index contributed by atoms with van der Waals surface area (Å²) in [5.74, 6) is 2.06. The summed E-state index contributed by atoms with van der Waals surface area (Å²) in [5, 5.41) is 10.1. The minimum Gasteiger partial charge on any atom is -0.370 e. The first-order chi connectivity index (χ1) is 13.1. The van der Waals surface area contributed by atoms with E-state index in [-0.39, 0.29) is 41.8 Å². The molecule has 0 radical (unpaired) electrons. The zero-order valence-electron chi connectivity index (χ0n) is 17.3. The molecule has 2 heterocycles. The van der Waals surface area contributed by atoms with Crippen molar-refractivity contribution in [3.05, 3.63) is 24.4 Å². The summed E-state index contributed by atoms with van der Waals surface area (Å²) >= 11 is 0. The number of hydrogen-bond donors (Lipinski definition) is 3. The van der Waals surface area contributed by atoms with E-state index in [0.29, 0.717) is 0 Å². The molecular weight excluding hydrogens is 467 g/mol. The van der Waals surface area contributed by atoms with E-state index < -0.39 is 0 Å². The van der Waals surface area contributed by atoms with Crippen LogP contribution in [0.4, 0.5) is 5.82 Å². The number of nitrogens with zero attached hydrogens (tertiary/aromatic N) is 3. The lowest BCUT2D eigenvalue weighted by atomic mass is 10.2. The lowest BCUT2D eigenvalue weighted by molar-refractivity contribution is -0.133. The summed E-state index contributed by atoms with van der Waals surface area (Å²) in [7, 11) is 0. The van der Waals surface area contributed by atoms with E-state index in [1.54, 1.807) is 6.20 Å². The first kappa shape index (κ1) is 24.5. The molecule has 1 aliphatic rings. The number of rotatable bonds is 9. The van der Waals surface area contributed by atoms with E-state index in [1.807, 2.05) is 36.9 Å². The van der Waals surface area contributed by atoms with Crippen LogP contribution in [0, 0.1) is 5.92 Å². The van der Waals surface area contributed by atoms with Gasteiger partial charge in [0.05, 0.1) is 0 Å². The molecule has 1 amide bonds. The van der Waals surface area contributed by atoms with Crippen LogP contribution in [0.5, 0.6) is 0 Å². The van der Waals surface area contributed by atoms with Crippen LogP contribution in [0.15, 0.2) is 29.4 Å². The molecule has 0 bridgehead atoms. The number of carbonyl (C=O) groups excluding carboxylic acids is 1. The summed E-state index contributed by atoms with van der Waals surface area (Å²) in [6.07, 6.45) is 4.81. The van der Waals surface area contributed by atoms with Gasteiger partial charge in [-0.2, -0.15) is 0 Å². The highest BCUT2D eigenvalue weighted by Crippen LogP contribution is 2.12. The molecule has 1 saturated heterocycles. The first-order valence-electron chi connectivity index (χ1n) is 10.1. The first-order valence-corrected chi connectivity index (χ1v) is 10.1. The Morgan fingerprint density at radius 3 is 2.86 bits per heavy atom. The summed E-state index contributed by atoms with van der Waals surface area (Å²) in [4.78, 5) is 23.0. The van der Waals surface area contributed by atoms with Gasteiger partial charge in [-0.3, -0.25) is 9.79 Å². The molecule has 0 spiro atoms. The van der Waals surface area contributed by atoms with Gasteiger partial charge in [0.2, 0.25) is 5.91 Å². The highest BCUT2D eigenvalue weighted by Gasteiger charge is 2.27. The molecule has 1 fully saturated rings. The van der Waals surface area contributed by atoms with E-state index in [1.165, 1.54) is 0 Å². The van der Waals surface area contributed by atoms with Gasteiger partial charge < -0.3 is 20.9 Å². The Morgan fingerprint density at radius 1 is 1.36 bits per heavy atom. The van der Waals surface area contributed by atoms with Crippen molar-refractivity contribution >= 4 is 41.7 Å². The summed E-state index contributed by atoms with van der Waals surface area (Å²) in [5.41, 5.74) is 0. The zero-order chi connectivity index (χ0) is 19.5. The van der Waals surface area contributed by atoms with Crippen LogP contribution < -0.4 is 16.0 Å². The van der Waals surface area contributed by atoms with Crippen molar-refractivity contribution in [1.82, 2.24) is 20.5 Å². The number of carbonyl (C=O) groups is 1. The van der Waals surface area contributed by atoms with Gasteiger partial charge in [0, 0.05) is 50.9 Å². The van der Waals surface area contributed by atoms with Crippen molar-refractivity contribution in [1.29, 1.82) is 0 Å². The number of anilines is 1. The molecule has 1 unspecified atom stereocenters. The highest BCUT2D eigenvalue weighted by atomic mass is 127. The minimum absolute atomic E-state index is 0. The molecule has 158 valence electrons. The Labute approximate surface area is 186 Å². The van der Waals surface area contributed by atoms with Crippen molar-refractivity contribution in [2.45, 2.75) is 46.1 Å². The largest absolute Gasteiger partial charge is 0.370 e. The van der Waals surface area contributed by atoms with Gasteiger partial charge in [-0.1, -0.05) is 19.9 Å². The average Bonchev–Trinajstić information content (AvgIpc) is 3.13. The van der Waals surface area contributed by atoms with Crippen LogP contribution in [-0.2, 0) is 4.79 Å². The number of aromatic nitrogens is 1. The fraction of sp³-hybridized carbons (Fsp3) is 0.650. The summed E-state index contributed by atoms with van der Waals surface area (Å²) < 4.78 is 0. The van der Waals surface area contributed by atoms with Crippen LogP contribution in [0.25, 0.3) is 0 Å². The summed E-state index contributed by atoms with van der Waals surface area (Å²) in [6.45, 7) is 10.1. The number of hydrogen-bond acceptors (Lipinski definition) is 4. The molecule has 7 nitrogen and oxygen atoms in total. The molecule has 2 rings (SSSR count). The number of aliphatic imine (C=N–C) groups is 1. The van der Waals surface area contributed by atoms with Crippen molar-refractivity contribution in [3.63, 3.8) is 0 Å². The van der Waals surface area contributed by atoms with Crippen molar-refractivity contribution in [3.8, 4) is 0 Å². The number of guanidine groups is 1. The van der Waals surface area contributed by atoms with Gasteiger partial charge in [0.25, 0.3) is 0 Å². The van der Waals surface area contributed by atoms with E-state index in [0.717, 1.165) is 63.8 Å². The number of amides is 1. The second-order valence-corrected chi connectivity index (χ2v) is 7.18. The molecule has 0 saturated carbocycles. The third-order valence-corrected chi connectivity index (χ3v) is 4.50. The molecular formula is C20H35IN6O. The number of unbranched alkanes of at least 4 members (excludes halogenated alkanes) is 1. The Morgan fingerprint density at radius 2 is 2.18 bits per heavy atom. The molecule has 1 atom stereocenters. The standard InChI is InChI=1S/C20H34N6O.HI/c1-4-21-20(25-17-10-14-26(15-17)19(27)16(2)3)24-13-8-7-12-23-18-9-5-6-11-22-18;/h5-6,9,11,16-17H,4,7-8,10,12-15H2,1-3H3,(H,22,23)(H2,21,24,25);1H. The minimum atomic E-state index is 0. The number of nitrogens with one attached hydrogen (secondary N) is 3. The van der Waals surface area contributed by atoms with Crippen molar-refractivity contribution in [2.24, 2.45) is 10.9 Å². The van der Waals surface area contributed by atoms with E-state index in [9.17, 15) is 4.79 Å². The van der Waals surface area contributed by atoms with Crippen LogP contribution in [0.1, 0.15) is 40.0 Å². The molecule has 0 aromatic carbocycles. The second kappa shape index (κ2) is 13.6. The van der Waals surface area contributed by atoms with Gasteiger partial charge in [-0.05, 0) is 38.3 Å². The third kappa shape index (κ3) is 8.62. The fourth-order valence-electron chi connectivity index (χ4n) is 3.07. The van der Waals surface area contributed by atoms with Gasteiger partial charge in [-0.15, -0.1) is 24.0 Å². The maximum Gasteiger partial charge on any atom is 0.225 e. The van der Waals surface area contributed by atoms with Crippen molar-refractivity contribution in [2.75, 3.05) is 38.0 Å². The van der Waals surface area contributed by atoms with Crippen LogP contribution in [0.3, 0.4) is 0 Å². The summed E-state index contributed by atoms with van der Waals surface area (Å²) in [6, 6.07) is 6.14. The monoisotopic (exact) mass is 502 g/mol. The molecule has 28 heavy (non-hydrogen) atoms. The molecule has 0 aliphatic carbocycles. The van der Waals surface area contributed by atoms with Crippen LogP contribution in [0.2, 0.25) is 0 Å². The Balaban J connectivity index is 0.00000392. The Hall–Kier alpha value is -1.58. The second-order valence-electron chi connectivity index (χ2n) is 7.18. The average molecular weight is 502 g/mol. The Bertz CT molecular complexity index is 596. The number of pyridine rings is 1. The van der Waals surface area contributed by atoms with Gasteiger partial charge >= 0.3 is 0 Å². The molecule has 1 aliphatic heterocycles. The van der Waals surface area contributed by atoms with Crippen molar-refractivity contribution < 1.29 is 4.79 Å². The third-order valence-electron chi connectivity index (χ3n) is 4.50. The molecule has 1 aromatic heterocycles. The van der Waals surface area contributed by atoms with E-state index >= 15 is 0 Å². The van der Waals surface area contributed by atoms with Crippen LogP contribution >= 0.6 is 24.0 Å². The van der Waals surface area contributed by atoms with Gasteiger partial charge in [0.15, 0.2) is 5.96 Å². The fourth-order valence-corrected chi connectivity index (χ4v) is 3.07.